The number of alkyl halides is 3. The molecule has 5 heteroatoms. The molecule has 19 heavy (non-hydrogen) atoms. The van der Waals surface area contributed by atoms with E-state index >= 15 is 0 Å². The topological polar surface area (TPSA) is 3.24 Å². The van der Waals surface area contributed by atoms with Gasteiger partial charge >= 0.3 is 6.18 Å². The predicted molar refractivity (Wildman–Crippen MR) is 68.8 cm³/mol. The van der Waals surface area contributed by atoms with Gasteiger partial charge in [0.2, 0.25) is 0 Å². The van der Waals surface area contributed by atoms with Gasteiger partial charge in [0.25, 0.3) is 0 Å². The van der Waals surface area contributed by atoms with Gasteiger partial charge in [-0.2, -0.15) is 13.2 Å². The zero-order chi connectivity index (χ0) is 14.1. The van der Waals surface area contributed by atoms with Gasteiger partial charge in [0.1, 0.15) is 0 Å². The molecule has 0 aromatic rings. The highest BCUT2D eigenvalue weighted by Crippen LogP contribution is 2.70. The lowest BCUT2D eigenvalue weighted by Gasteiger charge is -2.39. The van der Waals surface area contributed by atoms with Crippen LogP contribution in [0.5, 0.6) is 0 Å². The first-order chi connectivity index (χ1) is 8.68. The van der Waals surface area contributed by atoms with Crippen LogP contribution in [0.3, 0.4) is 0 Å². The number of hydrogen-bond acceptors (Lipinski definition) is 1. The smallest absolute Gasteiger partial charge is 0.305 e. The second-order valence-electron chi connectivity index (χ2n) is 6.51. The molecule has 0 radical (unpaired) electrons. The van der Waals surface area contributed by atoms with Crippen LogP contribution in [0.25, 0.3) is 0 Å². The van der Waals surface area contributed by atoms with E-state index in [9.17, 15) is 13.2 Å². The number of allylic oxidation sites excluding steroid dienone is 4. The summed E-state index contributed by atoms with van der Waals surface area (Å²) in [7, 11) is 2.04. The normalized spacial score (nSPS) is 42.7. The molecule has 0 aromatic carbocycles. The van der Waals surface area contributed by atoms with Crippen LogP contribution >= 0.6 is 11.6 Å². The molecule has 0 amide bonds. The summed E-state index contributed by atoms with van der Waals surface area (Å²) in [5.41, 5.74) is -0.966. The largest absolute Gasteiger partial charge is 0.414 e. The molecule has 0 aromatic heterocycles. The molecule has 1 aliphatic heterocycles. The third-order valence-electron chi connectivity index (χ3n) is 5.23. The Morgan fingerprint density at radius 1 is 1.42 bits per heavy atom. The molecule has 1 unspecified atom stereocenters. The minimum Gasteiger partial charge on any atom is -0.305 e. The lowest BCUT2D eigenvalue weighted by molar-refractivity contribution is -0.0983. The average Bonchev–Trinajstić information content (AvgIpc) is 2.86. The fraction of sp³-hybridized carbons (Fsp3) is 0.714. The molecule has 106 valence electrons. The maximum absolute atomic E-state index is 13.1. The van der Waals surface area contributed by atoms with E-state index in [0.717, 1.165) is 19.5 Å². The summed E-state index contributed by atoms with van der Waals surface area (Å²) in [6, 6.07) is 0. The maximum Gasteiger partial charge on any atom is 0.414 e. The summed E-state index contributed by atoms with van der Waals surface area (Å²) in [6.07, 6.45) is 0.0891. The number of nitrogens with zero attached hydrogens (tertiary/aromatic N) is 1. The Hall–Kier alpha value is -0.480. The van der Waals surface area contributed by atoms with Gasteiger partial charge in [-0.3, -0.25) is 0 Å². The Balaban J connectivity index is 1.91. The highest BCUT2D eigenvalue weighted by molar-refractivity contribution is 6.31. The van der Waals surface area contributed by atoms with Crippen molar-refractivity contribution < 1.29 is 13.2 Å². The van der Waals surface area contributed by atoms with Crippen molar-refractivity contribution in [3.8, 4) is 0 Å². The van der Waals surface area contributed by atoms with E-state index in [1.165, 1.54) is 6.08 Å². The molecule has 0 N–H and O–H groups in total. The molecule has 0 bridgehead atoms. The Morgan fingerprint density at radius 2 is 2.11 bits per heavy atom. The van der Waals surface area contributed by atoms with Crippen molar-refractivity contribution in [1.82, 2.24) is 4.90 Å². The van der Waals surface area contributed by atoms with Crippen LogP contribution in [0.4, 0.5) is 13.2 Å². The van der Waals surface area contributed by atoms with Crippen molar-refractivity contribution in [2.75, 3.05) is 20.1 Å². The fourth-order valence-electron chi connectivity index (χ4n) is 4.06. The van der Waals surface area contributed by atoms with E-state index in [0.29, 0.717) is 5.92 Å². The van der Waals surface area contributed by atoms with E-state index in [-0.39, 0.29) is 16.9 Å². The van der Waals surface area contributed by atoms with Crippen LogP contribution in [-0.2, 0) is 0 Å². The maximum atomic E-state index is 13.1. The predicted octanol–water partition coefficient (Wildman–Crippen LogP) is 3.96. The summed E-state index contributed by atoms with van der Waals surface area (Å²) >= 11 is 5.75. The quantitative estimate of drug-likeness (QED) is 0.707. The molecule has 2 aliphatic carbocycles. The van der Waals surface area contributed by atoms with E-state index in [4.69, 9.17) is 11.6 Å². The number of likely N-dealkylation sites (tertiary alicyclic amines) is 1. The van der Waals surface area contributed by atoms with Crippen LogP contribution in [0.1, 0.15) is 19.8 Å². The lowest BCUT2D eigenvalue weighted by atomic mass is 9.67. The number of hydrogen-bond donors (Lipinski definition) is 0. The summed E-state index contributed by atoms with van der Waals surface area (Å²) < 4.78 is 39.2. The van der Waals surface area contributed by atoms with Gasteiger partial charge in [-0.1, -0.05) is 24.6 Å². The molecular weight excluding hydrogens is 275 g/mol. The number of halogens is 4. The summed E-state index contributed by atoms with van der Waals surface area (Å²) in [5.74, 6) is 0.540. The zero-order valence-corrected chi connectivity index (χ0v) is 11.8. The first-order valence-electron chi connectivity index (χ1n) is 6.52. The summed E-state index contributed by atoms with van der Waals surface area (Å²) in [6.45, 7) is 3.85. The van der Waals surface area contributed by atoms with Gasteiger partial charge in [-0.05, 0) is 42.7 Å². The molecule has 1 saturated heterocycles. The Labute approximate surface area is 116 Å². The summed E-state index contributed by atoms with van der Waals surface area (Å²) in [5, 5.41) is -0.148. The van der Waals surface area contributed by atoms with E-state index < -0.39 is 17.2 Å². The van der Waals surface area contributed by atoms with E-state index in [1.54, 1.807) is 0 Å². The van der Waals surface area contributed by atoms with Crippen LogP contribution < -0.4 is 0 Å². The Bertz CT molecular complexity index is 482. The third-order valence-corrected chi connectivity index (χ3v) is 5.58. The number of rotatable bonds is 1. The van der Waals surface area contributed by atoms with Crippen molar-refractivity contribution in [3.63, 3.8) is 0 Å². The SMILES string of the molecule is CN1C[C@@H]2C[C@]2(C2(C)C=CC(Cl)=C(C(F)(F)F)C2)C1. The molecule has 2 fully saturated rings. The monoisotopic (exact) mass is 291 g/mol. The van der Waals surface area contributed by atoms with Crippen molar-refractivity contribution in [3.05, 3.63) is 22.8 Å². The van der Waals surface area contributed by atoms with Crippen molar-refractivity contribution >= 4 is 11.6 Å². The highest BCUT2D eigenvalue weighted by atomic mass is 35.5. The molecule has 3 rings (SSSR count). The van der Waals surface area contributed by atoms with Crippen LogP contribution in [0, 0.1) is 16.7 Å². The standard InChI is InChI=1S/C14H17ClF3N/c1-12(13-5-9(13)7-19(2)8-13)4-3-11(15)10(6-12)14(16,17)18/h3-4,9H,5-8H2,1-2H3/t9-,12?,13-/m0/s1. The Morgan fingerprint density at radius 3 is 2.63 bits per heavy atom. The second kappa shape index (κ2) is 3.79. The number of piperidine rings is 1. The first-order valence-corrected chi connectivity index (χ1v) is 6.89. The van der Waals surface area contributed by atoms with E-state index in [1.807, 2.05) is 20.0 Å². The Kier molecular flexibility index (Phi) is 2.69. The van der Waals surface area contributed by atoms with E-state index in [2.05, 4.69) is 4.90 Å². The minimum absolute atomic E-state index is 0.0101. The van der Waals surface area contributed by atoms with Gasteiger partial charge in [0.15, 0.2) is 0 Å². The molecule has 0 spiro atoms. The van der Waals surface area contributed by atoms with Crippen molar-refractivity contribution in [2.45, 2.75) is 25.9 Å². The molecule has 1 nitrogen and oxygen atoms in total. The first kappa shape index (κ1) is 13.5. The van der Waals surface area contributed by atoms with Gasteiger partial charge in [0.05, 0.1) is 5.57 Å². The molecule has 3 atom stereocenters. The molecule has 1 saturated carbocycles. The molecular formula is C14H17ClF3N. The fourth-order valence-corrected chi connectivity index (χ4v) is 4.30. The molecule has 1 heterocycles. The average molecular weight is 292 g/mol. The number of fused-ring (bicyclic) bond motifs is 1. The van der Waals surface area contributed by atoms with Crippen molar-refractivity contribution in [2.24, 2.45) is 16.7 Å². The molecule has 3 aliphatic rings. The minimum atomic E-state index is -4.32. The van der Waals surface area contributed by atoms with Crippen LogP contribution in [-0.4, -0.2) is 31.2 Å². The third kappa shape index (κ3) is 1.87. The van der Waals surface area contributed by atoms with Gasteiger partial charge < -0.3 is 4.90 Å². The lowest BCUT2D eigenvalue weighted by Crippen LogP contribution is -2.36. The van der Waals surface area contributed by atoms with Gasteiger partial charge in [-0.15, -0.1) is 0 Å². The highest BCUT2D eigenvalue weighted by Gasteiger charge is 2.67. The van der Waals surface area contributed by atoms with Crippen molar-refractivity contribution in [1.29, 1.82) is 0 Å². The van der Waals surface area contributed by atoms with Gasteiger partial charge in [0, 0.05) is 18.1 Å². The summed E-state index contributed by atoms with van der Waals surface area (Å²) in [4.78, 5) is 2.22. The van der Waals surface area contributed by atoms with Crippen LogP contribution in [0.2, 0.25) is 0 Å². The van der Waals surface area contributed by atoms with Gasteiger partial charge in [-0.25, -0.2) is 0 Å². The van der Waals surface area contributed by atoms with Crippen LogP contribution in [0.15, 0.2) is 22.8 Å². The zero-order valence-electron chi connectivity index (χ0n) is 11.0. The second-order valence-corrected chi connectivity index (χ2v) is 6.91.